The number of hydrogen-bond donors (Lipinski definition) is 2. The van der Waals surface area contributed by atoms with E-state index < -0.39 is 0 Å². The van der Waals surface area contributed by atoms with Crippen molar-refractivity contribution in [2.24, 2.45) is 0 Å². The highest BCUT2D eigenvalue weighted by Crippen LogP contribution is 2.23. The van der Waals surface area contributed by atoms with Crippen molar-refractivity contribution in [3.05, 3.63) is 0 Å². The Hall–Kier alpha value is -0.0800. The van der Waals surface area contributed by atoms with Gasteiger partial charge in [0.2, 0.25) is 0 Å². The Balaban J connectivity index is 1.76. The average molecular weight is 197 g/mol. The van der Waals surface area contributed by atoms with Gasteiger partial charge in [-0.05, 0) is 25.7 Å². The molecule has 0 bridgehead atoms. The standard InChI is InChI=1S/C12H23NO/c14-12-9-5-4-8-11(12)13-10-6-2-1-3-7-10/h10-14H,1-9H2/t11-,12+/m0/s1. The summed E-state index contributed by atoms with van der Waals surface area (Å²) in [5.74, 6) is 0. The average Bonchev–Trinajstić information content (AvgIpc) is 2.23. The van der Waals surface area contributed by atoms with Crippen molar-refractivity contribution in [3.8, 4) is 0 Å². The van der Waals surface area contributed by atoms with Gasteiger partial charge in [0.05, 0.1) is 6.10 Å². The van der Waals surface area contributed by atoms with E-state index in [4.69, 9.17) is 0 Å². The van der Waals surface area contributed by atoms with E-state index in [0.29, 0.717) is 12.1 Å². The Morgan fingerprint density at radius 2 is 1.43 bits per heavy atom. The van der Waals surface area contributed by atoms with E-state index in [2.05, 4.69) is 5.32 Å². The topological polar surface area (TPSA) is 32.3 Å². The molecule has 0 amide bonds. The van der Waals surface area contributed by atoms with Crippen LogP contribution >= 0.6 is 0 Å². The van der Waals surface area contributed by atoms with Crippen molar-refractivity contribution < 1.29 is 5.11 Å². The maximum atomic E-state index is 9.84. The molecule has 2 rings (SSSR count). The first-order valence-electron chi connectivity index (χ1n) is 6.30. The molecule has 0 heterocycles. The first-order chi connectivity index (χ1) is 6.86. The number of hydrogen-bond acceptors (Lipinski definition) is 2. The van der Waals surface area contributed by atoms with Crippen molar-refractivity contribution in [2.45, 2.75) is 76.0 Å². The summed E-state index contributed by atoms with van der Waals surface area (Å²) in [6, 6.07) is 1.09. The smallest absolute Gasteiger partial charge is 0.0693 e. The zero-order chi connectivity index (χ0) is 9.80. The van der Waals surface area contributed by atoms with E-state index in [1.807, 2.05) is 0 Å². The predicted octanol–water partition coefficient (Wildman–Crippen LogP) is 2.21. The second kappa shape index (κ2) is 5.13. The number of aliphatic hydroxyl groups is 1. The molecule has 2 fully saturated rings. The zero-order valence-electron chi connectivity index (χ0n) is 9.04. The van der Waals surface area contributed by atoms with Gasteiger partial charge >= 0.3 is 0 Å². The molecule has 0 aliphatic heterocycles. The van der Waals surface area contributed by atoms with Gasteiger partial charge in [0, 0.05) is 12.1 Å². The lowest BCUT2D eigenvalue weighted by Crippen LogP contribution is -2.47. The van der Waals surface area contributed by atoms with Crippen LogP contribution in [0.15, 0.2) is 0 Å². The molecule has 0 aromatic heterocycles. The summed E-state index contributed by atoms with van der Waals surface area (Å²) in [6.45, 7) is 0. The summed E-state index contributed by atoms with van der Waals surface area (Å²) in [5.41, 5.74) is 0. The monoisotopic (exact) mass is 197 g/mol. The van der Waals surface area contributed by atoms with Gasteiger partial charge in [0.15, 0.2) is 0 Å². The fraction of sp³-hybridized carbons (Fsp3) is 1.00. The Bertz CT molecular complexity index is 166. The Kier molecular flexibility index (Phi) is 3.82. The molecular weight excluding hydrogens is 174 g/mol. The quantitative estimate of drug-likeness (QED) is 0.711. The van der Waals surface area contributed by atoms with Crippen LogP contribution in [0.25, 0.3) is 0 Å². The molecule has 2 aliphatic carbocycles. The highest BCUT2D eigenvalue weighted by Gasteiger charge is 2.25. The third-order valence-electron chi connectivity index (χ3n) is 3.78. The van der Waals surface area contributed by atoms with E-state index in [-0.39, 0.29) is 6.10 Å². The molecule has 2 aliphatic rings. The number of aliphatic hydroxyl groups excluding tert-OH is 1. The van der Waals surface area contributed by atoms with Crippen LogP contribution in [-0.4, -0.2) is 23.3 Å². The Labute approximate surface area is 87.1 Å². The summed E-state index contributed by atoms with van der Waals surface area (Å²) in [5, 5.41) is 13.5. The van der Waals surface area contributed by atoms with Crippen LogP contribution in [0, 0.1) is 0 Å². The summed E-state index contributed by atoms with van der Waals surface area (Å²) in [6.07, 6.45) is 11.4. The lowest BCUT2D eigenvalue weighted by molar-refractivity contribution is 0.0816. The minimum Gasteiger partial charge on any atom is -0.392 e. The minimum atomic E-state index is -0.0781. The van der Waals surface area contributed by atoms with Crippen LogP contribution in [0.3, 0.4) is 0 Å². The maximum absolute atomic E-state index is 9.84. The predicted molar refractivity (Wildman–Crippen MR) is 58.3 cm³/mol. The first kappa shape index (κ1) is 10.4. The van der Waals surface area contributed by atoms with E-state index in [1.54, 1.807) is 0 Å². The van der Waals surface area contributed by atoms with Crippen molar-refractivity contribution in [2.75, 3.05) is 0 Å². The molecule has 0 spiro atoms. The van der Waals surface area contributed by atoms with Crippen molar-refractivity contribution in [1.29, 1.82) is 0 Å². The van der Waals surface area contributed by atoms with Crippen molar-refractivity contribution in [3.63, 3.8) is 0 Å². The molecule has 2 atom stereocenters. The molecule has 0 aromatic rings. The number of rotatable bonds is 2. The summed E-state index contributed by atoms with van der Waals surface area (Å²) in [4.78, 5) is 0. The summed E-state index contributed by atoms with van der Waals surface area (Å²) < 4.78 is 0. The van der Waals surface area contributed by atoms with Gasteiger partial charge in [-0.2, -0.15) is 0 Å². The fourth-order valence-electron chi connectivity index (χ4n) is 2.88. The third kappa shape index (κ3) is 2.71. The fourth-order valence-corrected chi connectivity index (χ4v) is 2.88. The van der Waals surface area contributed by atoms with Crippen LogP contribution < -0.4 is 5.32 Å². The van der Waals surface area contributed by atoms with E-state index in [1.165, 1.54) is 51.4 Å². The van der Waals surface area contributed by atoms with Crippen LogP contribution in [0.1, 0.15) is 57.8 Å². The van der Waals surface area contributed by atoms with Gasteiger partial charge in [-0.25, -0.2) is 0 Å². The molecule has 0 unspecified atom stereocenters. The highest BCUT2D eigenvalue weighted by atomic mass is 16.3. The minimum absolute atomic E-state index is 0.0781. The molecule has 2 N–H and O–H groups in total. The van der Waals surface area contributed by atoms with Crippen LogP contribution in [0.5, 0.6) is 0 Å². The highest BCUT2D eigenvalue weighted by molar-refractivity contribution is 4.84. The first-order valence-corrected chi connectivity index (χ1v) is 6.30. The molecule has 2 nitrogen and oxygen atoms in total. The maximum Gasteiger partial charge on any atom is 0.0693 e. The Morgan fingerprint density at radius 1 is 0.786 bits per heavy atom. The second-order valence-corrected chi connectivity index (χ2v) is 4.96. The van der Waals surface area contributed by atoms with E-state index in [9.17, 15) is 5.11 Å². The van der Waals surface area contributed by atoms with E-state index in [0.717, 1.165) is 6.42 Å². The normalized spacial score (nSPS) is 35.8. The lowest BCUT2D eigenvalue weighted by Gasteiger charge is -2.33. The molecule has 14 heavy (non-hydrogen) atoms. The molecule has 0 radical (unpaired) electrons. The van der Waals surface area contributed by atoms with Crippen LogP contribution in [-0.2, 0) is 0 Å². The third-order valence-corrected chi connectivity index (χ3v) is 3.78. The van der Waals surface area contributed by atoms with Gasteiger partial charge in [-0.1, -0.05) is 32.1 Å². The number of nitrogens with one attached hydrogen (secondary N) is 1. The second-order valence-electron chi connectivity index (χ2n) is 4.96. The molecular formula is C12H23NO. The summed E-state index contributed by atoms with van der Waals surface area (Å²) in [7, 11) is 0. The Morgan fingerprint density at radius 3 is 2.14 bits per heavy atom. The van der Waals surface area contributed by atoms with Gasteiger partial charge in [-0.15, -0.1) is 0 Å². The van der Waals surface area contributed by atoms with Gasteiger partial charge in [-0.3, -0.25) is 0 Å². The lowest BCUT2D eigenvalue weighted by atomic mass is 9.89. The molecule has 0 saturated heterocycles. The largest absolute Gasteiger partial charge is 0.392 e. The van der Waals surface area contributed by atoms with Crippen LogP contribution in [0.4, 0.5) is 0 Å². The molecule has 2 heteroatoms. The SMILES string of the molecule is O[C@@H]1CCCC[C@@H]1NC1CCCCC1. The van der Waals surface area contributed by atoms with Gasteiger partial charge in [0.25, 0.3) is 0 Å². The van der Waals surface area contributed by atoms with Gasteiger partial charge < -0.3 is 10.4 Å². The zero-order valence-corrected chi connectivity index (χ0v) is 9.04. The van der Waals surface area contributed by atoms with Gasteiger partial charge in [0.1, 0.15) is 0 Å². The molecule has 0 aromatic carbocycles. The summed E-state index contributed by atoms with van der Waals surface area (Å²) >= 11 is 0. The van der Waals surface area contributed by atoms with Crippen LogP contribution in [0.2, 0.25) is 0 Å². The van der Waals surface area contributed by atoms with Crippen molar-refractivity contribution in [1.82, 2.24) is 5.32 Å². The molecule has 2 saturated carbocycles. The molecule has 82 valence electrons. The van der Waals surface area contributed by atoms with E-state index >= 15 is 0 Å². The van der Waals surface area contributed by atoms with Crippen molar-refractivity contribution >= 4 is 0 Å².